The van der Waals surface area contributed by atoms with Gasteiger partial charge in [0.05, 0.1) is 45.2 Å². The molecule has 554 valence electrons. The summed E-state index contributed by atoms with van der Waals surface area (Å²) >= 11 is 0. The quantitative estimate of drug-likeness (QED) is 0.164. The fraction of sp³-hybridized carbons (Fsp3) is 0.371. The number of nitrogens with zero attached hydrogens (tertiary/aromatic N) is 3. The van der Waals surface area contributed by atoms with E-state index in [9.17, 15) is 0 Å². The molecule has 0 bridgehead atoms. The van der Waals surface area contributed by atoms with Gasteiger partial charge in [-0.05, 0) is 222 Å². The minimum Gasteiger partial charge on any atom is -0.309 e. The van der Waals surface area contributed by atoms with E-state index in [0.717, 1.165) is 12.1 Å². The molecule has 0 saturated heterocycles. The summed E-state index contributed by atoms with van der Waals surface area (Å²) in [5.41, 5.74) is 37.0. The van der Waals surface area contributed by atoms with Crippen LogP contribution in [0.5, 0.6) is 0 Å². The molecule has 1 aliphatic carbocycles. The number of benzene rings is 11. The summed E-state index contributed by atoms with van der Waals surface area (Å²) in [4.78, 5) is 5.65. The van der Waals surface area contributed by atoms with E-state index in [4.69, 9.17) is 0 Å². The Kier molecular flexibility index (Phi) is 17.3. The van der Waals surface area contributed by atoms with Crippen molar-refractivity contribution in [3.8, 4) is 27.9 Å². The molecule has 0 N–H and O–H groups in total. The lowest BCUT2D eigenvalue weighted by Gasteiger charge is -2.48. The van der Waals surface area contributed by atoms with Crippen LogP contribution in [0.4, 0.5) is 34.1 Å². The van der Waals surface area contributed by atoms with Crippen molar-refractivity contribution in [2.24, 2.45) is 0 Å². The van der Waals surface area contributed by atoms with Crippen LogP contribution in [0.3, 0.4) is 0 Å². The van der Waals surface area contributed by atoms with Crippen molar-refractivity contribution in [1.82, 2.24) is 4.57 Å². The van der Waals surface area contributed by atoms with Gasteiger partial charge in [0.1, 0.15) is 0 Å². The predicted molar refractivity (Wildman–Crippen MR) is 467 cm³/mol. The lowest BCUT2D eigenvalue weighted by molar-refractivity contribution is 0.569. The van der Waals surface area contributed by atoms with E-state index in [-0.39, 0.29) is 60.6 Å². The second-order valence-electron chi connectivity index (χ2n) is 41.6. The fourth-order valence-electron chi connectivity index (χ4n) is 17.6. The summed E-state index contributed by atoms with van der Waals surface area (Å²) < 4.78 is 2.60. The molecule has 1 aromatic heterocycles. The van der Waals surface area contributed by atoms with E-state index >= 15 is 0 Å². The summed E-state index contributed by atoms with van der Waals surface area (Å²) in [6, 6.07) is 83.6. The van der Waals surface area contributed by atoms with Crippen molar-refractivity contribution in [2.45, 2.75) is 254 Å². The van der Waals surface area contributed by atoms with Crippen LogP contribution in [0.1, 0.15) is 293 Å². The third-order valence-corrected chi connectivity index (χ3v) is 24.3. The van der Waals surface area contributed by atoms with Gasteiger partial charge >= 0.3 is 0 Å². The zero-order valence-corrected chi connectivity index (χ0v) is 70.3. The maximum absolute atomic E-state index is 2.83. The van der Waals surface area contributed by atoms with Gasteiger partial charge in [-0.15, -0.1) is 0 Å². The number of hydrogen-bond acceptors (Lipinski definition) is 2. The van der Waals surface area contributed by atoms with Crippen LogP contribution in [0.15, 0.2) is 206 Å². The Hall–Kier alpha value is -9.18. The normalized spacial score (nSPS) is 15.2. The van der Waals surface area contributed by atoms with Crippen LogP contribution in [0.25, 0.3) is 49.7 Å². The molecule has 12 aromatic rings. The molecule has 0 saturated carbocycles. The second-order valence-corrected chi connectivity index (χ2v) is 41.6. The first-order valence-electron chi connectivity index (χ1n) is 40.2. The van der Waals surface area contributed by atoms with Crippen LogP contribution in [0.2, 0.25) is 0 Å². The highest BCUT2D eigenvalue weighted by atomic mass is 15.2. The lowest BCUT2D eigenvalue weighted by Crippen LogP contribution is -2.33. The third kappa shape index (κ3) is 12.9. The maximum Gasteiger partial charge on any atom is 0.0577 e. The standard InChI is InChI=1S/C105H119N3/c1-97(2,3)68-41-36-63(37-42-68)80-56-72(101(13,14)15)58-84(104(22,23)24)95(80)107-88-53-67(92-76-34-30-28-32-65(76)52-66-33-29-31-35-77(66)92)40-48-78(88)93-79-49-47-75(106-86-50-45-70(99(7,8)9)54-82(86)83-55-71(100(10,11)12)46-51-87(83)106)62-89(79)108(91-61-74(103(19,20)21)60-90(107)94(91)93)96-81(64-38-43-69(44-39-64)98(4,5)6)57-73(102(16,17)18)59-85(96)105(25,26)27/h28-51,53-62,92-93H,52H2,1-27H3. The van der Waals surface area contributed by atoms with Crippen molar-refractivity contribution in [3.05, 3.63) is 301 Å². The summed E-state index contributed by atoms with van der Waals surface area (Å²) in [5.74, 6) is -0.184. The number of anilines is 6. The summed E-state index contributed by atoms with van der Waals surface area (Å²) in [6.45, 7) is 64.5. The first kappa shape index (κ1) is 74.3. The smallest absolute Gasteiger partial charge is 0.0577 e. The summed E-state index contributed by atoms with van der Waals surface area (Å²) in [6.07, 6.45) is 0.916. The lowest BCUT2D eigenvalue weighted by atomic mass is 9.70. The van der Waals surface area contributed by atoms with Gasteiger partial charge in [0.15, 0.2) is 0 Å². The molecule has 1 unspecified atom stereocenters. The molecule has 108 heavy (non-hydrogen) atoms. The highest BCUT2D eigenvalue weighted by Gasteiger charge is 2.47. The molecular formula is C105H119N3. The molecule has 0 fully saturated rings. The molecular weight excluding hydrogens is 1300 g/mol. The van der Waals surface area contributed by atoms with Crippen LogP contribution in [-0.4, -0.2) is 4.57 Å². The molecule has 2 aliphatic heterocycles. The fourth-order valence-corrected chi connectivity index (χ4v) is 17.6. The van der Waals surface area contributed by atoms with Crippen LogP contribution >= 0.6 is 0 Å². The van der Waals surface area contributed by atoms with E-state index in [1.807, 2.05) is 0 Å². The molecule has 1 atom stereocenters. The van der Waals surface area contributed by atoms with Gasteiger partial charge in [0, 0.05) is 45.0 Å². The number of aromatic nitrogens is 1. The van der Waals surface area contributed by atoms with Gasteiger partial charge in [-0.1, -0.05) is 326 Å². The third-order valence-electron chi connectivity index (χ3n) is 24.3. The van der Waals surface area contributed by atoms with Gasteiger partial charge in [0.2, 0.25) is 0 Å². The molecule has 11 aromatic carbocycles. The maximum atomic E-state index is 2.83. The SMILES string of the molecule is CC(C)(C)c1ccc(-c2cc(C(C)(C)C)cc(C(C)(C)C)c2N2c3cc(C4c5ccccc5Cc5ccccc54)ccc3C3c4ccc(-n5c6ccc(C(C)(C)C)cc6c6cc(C(C)(C)C)ccc65)cc4N(c4c(-c5ccc(C(C)(C)C)cc5)cc(C(C)(C)C)cc4C(C)(C)C)c4cc(C(C)(C)C)cc2c43)cc1. The first-order chi connectivity index (χ1) is 50.2. The zero-order valence-electron chi connectivity index (χ0n) is 70.3. The van der Waals surface area contributed by atoms with Crippen LogP contribution < -0.4 is 9.80 Å². The van der Waals surface area contributed by atoms with Crippen LogP contribution in [-0.2, 0) is 55.2 Å². The predicted octanol–water partition coefficient (Wildman–Crippen LogP) is 29.6. The molecule has 15 rings (SSSR count). The topological polar surface area (TPSA) is 11.4 Å². The van der Waals surface area contributed by atoms with Crippen LogP contribution in [0, 0.1) is 0 Å². The van der Waals surface area contributed by atoms with Gasteiger partial charge in [-0.25, -0.2) is 0 Å². The van der Waals surface area contributed by atoms with Gasteiger partial charge < -0.3 is 14.4 Å². The number of fused-ring (bicyclic) bond motifs is 9. The molecule has 3 heterocycles. The van der Waals surface area contributed by atoms with E-state index in [0.29, 0.717) is 0 Å². The van der Waals surface area contributed by atoms with Crippen molar-refractivity contribution in [3.63, 3.8) is 0 Å². The largest absolute Gasteiger partial charge is 0.309 e. The minimum absolute atomic E-state index is 0.00979. The number of rotatable bonds is 6. The Morgan fingerprint density at radius 1 is 0.269 bits per heavy atom. The minimum atomic E-state index is -0.325. The molecule has 0 radical (unpaired) electrons. The van der Waals surface area contributed by atoms with Gasteiger partial charge in [-0.3, -0.25) is 0 Å². The van der Waals surface area contributed by atoms with Crippen molar-refractivity contribution < 1.29 is 0 Å². The molecule has 3 aliphatic rings. The van der Waals surface area contributed by atoms with Crippen molar-refractivity contribution in [1.29, 1.82) is 0 Å². The van der Waals surface area contributed by atoms with Gasteiger partial charge in [-0.2, -0.15) is 0 Å². The molecule has 0 spiro atoms. The van der Waals surface area contributed by atoms with E-state index in [1.165, 1.54) is 173 Å². The molecule has 0 amide bonds. The first-order valence-corrected chi connectivity index (χ1v) is 40.2. The van der Waals surface area contributed by atoms with E-state index in [2.05, 4.69) is 408 Å². The van der Waals surface area contributed by atoms with Crippen molar-refractivity contribution >= 4 is 55.9 Å². The molecule has 3 nitrogen and oxygen atoms in total. The second kappa shape index (κ2) is 25.2. The summed E-state index contributed by atoms with van der Waals surface area (Å²) in [5, 5.41) is 2.57. The van der Waals surface area contributed by atoms with Crippen molar-refractivity contribution in [2.75, 3.05) is 9.80 Å². The zero-order chi connectivity index (χ0) is 77.6. The average molecular weight is 1420 g/mol. The Morgan fingerprint density at radius 3 is 1.02 bits per heavy atom. The highest BCUT2D eigenvalue weighted by molar-refractivity contribution is 6.11. The average Bonchev–Trinajstić information content (AvgIpc) is 0.743. The number of hydrogen-bond donors (Lipinski definition) is 0. The summed E-state index contributed by atoms with van der Waals surface area (Å²) in [7, 11) is 0. The Labute approximate surface area is 648 Å². The van der Waals surface area contributed by atoms with E-state index < -0.39 is 0 Å². The molecule has 3 heteroatoms. The van der Waals surface area contributed by atoms with E-state index in [1.54, 1.807) is 0 Å². The van der Waals surface area contributed by atoms with Gasteiger partial charge in [0.25, 0.3) is 0 Å². The Balaban J connectivity index is 1.14. The Morgan fingerprint density at radius 2 is 0.630 bits per heavy atom. The Bertz CT molecular complexity index is 5460. The highest BCUT2D eigenvalue weighted by Crippen LogP contribution is 2.65. The monoisotopic (exact) mass is 1420 g/mol.